The van der Waals surface area contributed by atoms with Crippen LogP contribution in [0.25, 0.3) is 0 Å². The molecule has 0 bridgehead atoms. The summed E-state index contributed by atoms with van der Waals surface area (Å²) in [7, 11) is 0. The van der Waals surface area contributed by atoms with E-state index in [1.165, 1.54) is 12.3 Å². The monoisotopic (exact) mass is 268 g/mol. The molecule has 1 rings (SSSR count). The van der Waals surface area contributed by atoms with Gasteiger partial charge in [-0.3, -0.25) is 9.48 Å². The zero-order valence-corrected chi connectivity index (χ0v) is 10.1. The van der Waals surface area contributed by atoms with Gasteiger partial charge in [0.1, 0.15) is 6.54 Å². The number of amides is 1. The molecule has 5 nitrogen and oxygen atoms in total. The van der Waals surface area contributed by atoms with Crippen LogP contribution < -0.4 is 11.1 Å². The molecule has 0 aliphatic rings. The smallest absolute Gasteiger partial charge is 0.257 e. The average Bonchev–Trinajstić information content (AvgIpc) is 2.49. The quantitative estimate of drug-likeness (QED) is 0.844. The third kappa shape index (κ3) is 6.18. The summed E-state index contributed by atoms with van der Waals surface area (Å²) in [5.41, 5.74) is 5.43. The van der Waals surface area contributed by atoms with Crippen LogP contribution in [0.2, 0.25) is 0 Å². The molecule has 98 valence electrons. The predicted molar refractivity (Wildman–Crippen MR) is 62.4 cm³/mol. The molecule has 1 aromatic heterocycles. The number of nitrogens with one attached hydrogen (secondary N) is 1. The van der Waals surface area contributed by atoms with Gasteiger partial charge in [-0.25, -0.2) is 8.78 Å². The molecule has 17 heavy (non-hydrogen) atoms. The number of hydrogen-bond acceptors (Lipinski definition) is 3. The van der Waals surface area contributed by atoms with Crippen LogP contribution in [-0.4, -0.2) is 28.2 Å². The van der Waals surface area contributed by atoms with E-state index in [0.29, 0.717) is 0 Å². The Kier molecular flexibility index (Phi) is 6.67. The lowest BCUT2D eigenvalue weighted by atomic mass is 10.2. The molecule has 8 heteroatoms. The number of anilines is 1. The van der Waals surface area contributed by atoms with E-state index in [4.69, 9.17) is 5.73 Å². The second-order valence-electron chi connectivity index (χ2n) is 3.54. The van der Waals surface area contributed by atoms with Gasteiger partial charge in [-0.1, -0.05) is 0 Å². The minimum atomic E-state index is -2.47. The van der Waals surface area contributed by atoms with Gasteiger partial charge in [0.15, 0.2) is 5.82 Å². The Morgan fingerprint density at radius 2 is 2.29 bits per heavy atom. The van der Waals surface area contributed by atoms with Crippen LogP contribution in [0.1, 0.15) is 13.3 Å². The molecule has 1 atom stereocenters. The molecule has 1 heterocycles. The standard InChI is InChI=1S/C9H14F2N4O.ClH/c1-6(12)4-9(16)13-8-2-3-15(14-8)5-7(10)11;/h2-3,6-7H,4-5,12H2,1H3,(H,13,14,16);1H. The minimum absolute atomic E-state index is 0. The molecule has 3 N–H and O–H groups in total. The number of carbonyl (C=O) groups is 1. The van der Waals surface area contributed by atoms with Crippen molar-refractivity contribution in [1.29, 1.82) is 0 Å². The summed E-state index contributed by atoms with van der Waals surface area (Å²) >= 11 is 0. The lowest BCUT2D eigenvalue weighted by Gasteiger charge is -2.04. The van der Waals surface area contributed by atoms with Gasteiger partial charge in [0.05, 0.1) is 0 Å². The number of carbonyl (C=O) groups excluding carboxylic acids is 1. The van der Waals surface area contributed by atoms with Crippen LogP contribution in [0, 0.1) is 0 Å². The van der Waals surface area contributed by atoms with Crippen molar-refractivity contribution in [3.8, 4) is 0 Å². The van der Waals surface area contributed by atoms with E-state index in [0.717, 1.165) is 4.68 Å². The Morgan fingerprint density at radius 1 is 1.65 bits per heavy atom. The van der Waals surface area contributed by atoms with Crippen molar-refractivity contribution in [3.05, 3.63) is 12.3 Å². The molecule has 0 aliphatic heterocycles. The fraction of sp³-hybridized carbons (Fsp3) is 0.556. The first-order valence-electron chi connectivity index (χ1n) is 4.84. The third-order valence-electron chi connectivity index (χ3n) is 1.74. The van der Waals surface area contributed by atoms with E-state index in [-0.39, 0.29) is 36.6 Å². The van der Waals surface area contributed by atoms with Crippen molar-refractivity contribution in [3.63, 3.8) is 0 Å². The van der Waals surface area contributed by atoms with E-state index >= 15 is 0 Å². The second-order valence-corrected chi connectivity index (χ2v) is 3.54. The molecule has 0 fully saturated rings. The number of nitrogens with two attached hydrogens (primary N) is 1. The van der Waals surface area contributed by atoms with Crippen LogP contribution in [0.5, 0.6) is 0 Å². The van der Waals surface area contributed by atoms with Gasteiger partial charge in [0.2, 0.25) is 5.91 Å². The highest BCUT2D eigenvalue weighted by molar-refractivity contribution is 5.90. The summed E-state index contributed by atoms with van der Waals surface area (Å²) in [5.74, 6) is -0.0244. The average molecular weight is 269 g/mol. The first-order valence-corrected chi connectivity index (χ1v) is 4.84. The van der Waals surface area contributed by atoms with Crippen LogP contribution in [0.3, 0.4) is 0 Å². The van der Waals surface area contributed by atoms with Gasteiger partial charge < -0.3 is 11.1 Å². The van der Waals surface area contributed by atoms with Crippen molar-refractivity contribution in [2.24, 2.45) is 5.73 Å². The maximum atomic E-state index is 12.0. The van der Waals surface area contributed by atoms with Crippen molar-refractivity contribution in [2.75, 3.05) is 5.32 Å². The third-order valence-corrected chi connectivity index (χ3v) is 1.74. The Bertz CT molecular complexity index is 357. The first kappa shape index (κ1) is 15.8. The molecule has 1 unspecified atom stereocenters. The van der Waals surface area contributed by atoms with Crippen molar-refractivity contribution >= 4 is 24.1 Å². The topological polar surface area (TPSA) is 72.9 Å². The van der Waals surface area contributed by atoms with Crippen LogP contribution >= 0.6 is 12.4 Å². The van der Waals surface area contributed by atoms with Gasteiger partial charge in [-0.15, -0.1) is 12.4 Å². The lowest BCUT2D eigenvalue weighted by Crippen LogP contribution is -2.24. The van der Waals surface area contributed by atoms with Gasteiger partial charge in [0, 0.05) is 24.7 Å². The van der Waals surface area contributed by atoms with E-state index in [2.05, 4.69) is 10.4 Å². The van der Waals surface area contributed by atoms with Gasteiger partial charge in [-0.2, -0.15) is 5.10 Å². The summed E-state index contributed by atoms with van der Waals surface area (Å²) in [4.78, 5) is 11.3. The largest absolute Gasteiger partial charge is 0.327 e. The highest BCUT2D eigenvalue weighted by Crippen LogP contribution is 2.05. The molecule has 0 saturated carbocycles. The Hall–Kier alpha value is -1.21. The number of hydrogen-bond donors (Lipinski definition) is 2. The maximum Gasteiger partial charge on any atom is 0.257 e. The van der Waals surface area contributed by atoms with Gasteiger partial charge >= 0.3 is 0 Å². The number of rotatable bonds is 5. The zero-order chi connectivity index (χ0) is 12.1. The summed E-state index contributed by atoms with van der Waals surface area (Å²) < 4.78 is 25.1. The molecule has 1 amide bonds. The minimum Gasteiger partial charge on any atom is -0.327 e. The molecule has 0 radical (unpaired) electrons. The molecular formula is C9H15ClF2N4O. The Balaban J connectivity index is 0.00000256. The predicted octanol–water partition coefficient (Wildman–Crippen LogP) is 1.25. The van der Waals surface area contributed by atoms with Crippen molar-refractivity contribution < 1.29 is 13.6 Å². The normalized spacial score (nSPS) is 12.1. The molecular weight excluding hydrogens is 254 g/mol. The number of halogens is 3. The molecule has 0 spiro atoms. The summed E-state index contributed by atoms with van der Waals surface area (Å²) in [6.07, 6.45) is -0.914. The summed E-state index contributed by atoms with van der Waals surface area (Å²) in [6.45, 7) is 1.22. The first-order chi connectivity index (χ1) is 7.47. The van der Waals surface area contributed by atoms with Crippen molar-refractivity contribution in [1.82, 2.24) is 9.78 Å². The molecule has 0 aliphatic carbocycles. The van der Waals surface area contributed by atoms with Crippen molar-refractivity contribution in [2.45, 2.75) is 32.4 Å². The summed E-state index contributed by atoms with van der Waals surface area (Å²) in [6, 6.07) is 1.21. The number of alkyl halides is 2. The fourth-order valence-electron chi connectivity index (χ4n) is 1.16. The number of aromatic nitrogens is 2. The summed E-state index contributed by atoms with van der Waals surface area (Å²) in [5, 5.41) is 6.23. The molecule has 1 aromatic rings. The van der Waals surface area contributed by atoms with E-state index < -0.39 is 13.0 Å². The van der Waals surface area contributed by atoms with Gasteiger partial charge in [0.25, 0.3) is 6.43 Å². The zero-order valence-electron chi connectivity index (χ0n) is 9.27. The molecule has 0 aromatic carbocycles. The number of nitrogens with zero attached hydrogens (tertiary/aromatic N) is 2. The van der Waals surface area contributed by atoms with E-state index in [1.54, 1.807) is 6.92 Å². The SMILES string of the molecule is CC(N)CC(=O)Nc1ccn(CC(F)F)n1.Cl. The van der Waals surface area contributed by atoms with Crippen LogP contribution in [0.15, 0.2) is 12.3 Å². The lowest BCUT2D eigenvalue weighted by molar-refractivity contribution is -0.116. The van der Waals surface area contributed by atoms with Gasteiger partial charge in [-0.05, 0) is 6.92 Å². The van der Waals surface area contributed by atoms with Crippen LogP contribution in [0.4, 0.5) is 14.6 Å². The van der Waals surface area contributed by atoms with E-state index in [1.807, 2.05) is 0 Å². The fourth-order valence-corrected chi connectivity index (χ4v) is 1.16. The maximum absolute atomic E-state index is 12.0. The molecule has 0 saturated heterocycles. The Labute approximate surface area is 104 Å². The second kappa shape index (κ2) is 7.18. The Morgan fingerprint density at radius 3 is 2.82 bits per heavy atom. The highest BCUT2D eigenvalue weighted by Gasteiger charge is 2.09. The highest BCUT2D eigenvalue weighted by atomic mass is 35.5. The van der Waals surface area contributed by atoms with E-state index in [9.17, 15) is 13.6 Å². The van der Waals surface area contributed by atoms with Crippen LogP contribution in [-0.2, 0) is 11.3 Å².